The number of hydrogen-bond acceptors (Lipinski definition) is 3. The maximum absolute atomic E-state index is 12.9. The Morgan fingerprint density at radius 2 is 1.62 bits per heavy atom. The van der Waals surface area contributed by atoms with Crippen molar-refractivity contribution in [1.82, 2.24) is 14.8 Å². The molecule has 0 saturated heterocycles. The number of aryl methyl sites for hydroxylation is 3. The summed E-state index contributed by atoms with van der Waals surface area (Å²) < 4.78 is 1.72. The highest BCUT2D eigenvalue weighted by Gasteiger charge is 2.19. The number of nitrogens with zero attached hydrogens (tertiary/aromatic N) is 3. The Bertz CT molecular complexity index is 1180. The van der Waals surface area contributed by atoms with Crippen molar-refractivity contribution in [2.45, 2.75) is 20.8 Å². The van der Waals surface area contributed by atoms with Gasteiger partial charge in [-0.1, -0.05) is 54.1 Å². The molecule has 1 aromatic heterocycles. The van der Waals surface area contributed by atoms with Gasteiger partial charge >= 0.3 is 0 Å². The smallest absolute Gasteiger partial charge is 0.295 e. The van der Waals surface area contributed by atoms with E-state index >= 15 is 0 Å². The van der Waals surface area contributed by atoms with Gasteiger partial charge in [0, 0.05) is 11.3 Å². The van der Waals surface area contributed by atoms with Gasteiger partial charge in [-0.25, -0.2) is 9.67 Å². The van der Waals surface area contributed by atoms with E-state index in [1.54, 1.807) is 4.68 Å². The summed E-state index contributed by atoms with van der Waals surface area (Å²) >= 11 is 0. The van der Waals surface area contributed by atoms with Gasteiger partial charge in [0.05, 0.1) is 5.69 Å². The molecule has 0 atom stereocenters. The third kappa shape index (κ3) is 3.94. The van der Waals surface area contributed by atoms with Crippen molar-refractivity contribution in [1.29, 1.82) is 0 Å². The molecule has 0 bridgehead atoms. The van der Waals surface area contributed by atoms with Crippen LogP contribution >= 0.6 is 0 Å². The number of nitrogens with one attached hydrogen (secondary N) is 1. The van der Waals surface area contributed by atoms with Gasteiger partial charge in [-0.3, -0.25) is 4.79 Å². The lowest BCUT2D eigenvalue weighted by molar-refractivity contribution is 0.101. The van der Waals surface area contributed by atoms with E-state index in [0.717, 1.165) is 33.6 Å². The van der Waals surface area contributed by atoms with Crippen molar-refractivity contribution in [3.8, 4) is 17.1 Å². The molecule has 0 radical (unpaired) electrons. The molecule has 1 amide bonds. The molecule has 0 fully saturated rings. The van der Waals surface area contributed by atoms with Gasteiger partial charge in [0.2, 0.25) is 5.82 Å². The fraction of sp³-hybridized carbons (Fsp3) is 0.125. The van der Waals surface area contributed by atoms with Crippen LogP contribution in [0.5, 0.6) is 0 Å². The van der Waals surface area contributed by atoms with Crippen LogP contribution in [0, 0.1) is 20.8 Å². The molecule has 4 aromatic rings. The van der Waals surface area contributed by atoms with Gasteiger partial charge in [-0.15, -0.1) is 5.10 Å². The Balaban J connectivity index is 1.77. The maximum Gasteiger partial charge on any atom is 0.295 e. The molecule has 0 unspecified atom stereocenters. The minimum atomic E-state index is -0.331. The first kappa shape index (κ1) is 18.6. The van der Waals surface area contributed by atoms with Crippen LogP contribution in [0.2, 0.25) is 0 Å². The number of anilines is 1. The van der Waals surface area contributed by atoms with E-state index in [2.05, 4.69) is 15.4 Å². The third-order valence-corrected chi connectivity index (χ3v) is 4.73. The Labute approximate surface area is 170 Å². The summed E-state index contributed by atoms with van der Waals surface area (Å²) in [5, 5.41) is 7.47. The van der Waals surface area contributed by atoms with E-state index in [9.17, 15) is 4.79 Å². The molecule has 1 N–H and O–H groups in total. The summed E-state index contributed by atoms with van der Waals surface area (Å²) in [5.41, 5.74) is 5.71. The van der Waals surface area contributed by atoms with E-state index in [-0.39, 0.29) is 11.7 Å². The molecule has 144 valence electrons. The molecule has 0 aliphatic heterocycles. The van der Waals surface area contributed by atoms with Crippen LogP contribution in [0.1, 0.15) is 27.3 Å². The van der Waals surface area contributed by atoms with Gasteiger partial charge in [-0.2, -0.15) is 0 Å². The number of hydrogen-bond donors (Lipinski definition) is 1. The Hall–Kier alpha value is -3.73. The van der Waals surface area contributed by atoms with Crippen molar-refractivity contribution in [3.63, 3.8) is 0 Å². The molecule has 4 rings (SSSR count). The molecule has 5 nitrogen and oxygen atoms in total. The zero-order valence-electron chi connectivity index (χ0n) is 16.7. The highest BCUT2D eigenvalue weighted by molar-refractivity contribution is 6.02. The number of aromatic nitrogens is 3. The molecule has 0 aliphatic carbocycles. The first-order chi connectivity index (χ1) is 14.0. The van der Waals surface area contributed by atoms with E-state index < -0.39 is 0 Å². The van der Waals surface area contributed by atoms with E-state index in [1.807, 2.05) is 93.6 Å². The first-order valence-corrected chi connectivity index (χ1v) is 9.49. The van der Waals surface area contributed by atoms with Crippen LogP contribution in [0.4, 0.5) is 5.69 Å². The molecule has 5 heteroatoms. The van der Waals surface area contributed by atoms with Gasteiger partial charge in [0.1, 0.15) is 0 Å². The average molecular weight is 382 g/mol. The highest BCUT2D eigenvalue weighted by Crippen LogP contribution is 2.23. The second-order valence-corrected chi connectivity index (χ2v) is 7.15. The van der Waals surface area contributed by atoms with Crippen LogP contribution in [0.15, 0.2) is 72.8 Å². The summed E-state index contributed by atoms with van der Waals surface area (Å²) in [6, 6.07) is 23.7. The highest BCUT2D eigenvalue weighted by atomic mass is 16.2. The maximum atomic E-state index is 12.9. The Kier molecular flexibility index (Phi) is 4.96. The van der Waals surface area contributed by atoms with Crippen LogP contribution in [0.3, 0.4) is 0 Å². The molecule has 0 spiro atoms. The van der Waals surface area contributed by atoms with Crippen LogP contribution < -0.4 is 5.32 Å². The average Bonchev–Trinajstić information content (AvgIpc) is 3.17. The lowest BCUT2D eigenvalue weighted by atomic mass is 10.1. The predicted octanol–water partition coefficient (Wildman–Crippen LogP) is 5.11. The standard InChI is InChI=1S/C24H22N4O/c1-16-8-7-9-19(14-16)23-26-22(27-28(23)20-10-5-4-6-11-20)24(29)25-21-15-17(2)12-13-18(21)3/h4-15H,1-3H3,(H,25,29). The topological polar surface area (TPSA) is 59.8 Å². The number of benzene rings is 3. The number of rotatable bonds is 4. The number of para-hydroxylation sites is 1. The lowest BCUT2D eigenvalue weighted by Gasteiger charge is -2.07. The van der Waals surface area contributed by atoms with Crippen LogP contribution in [0.25, 0.3) is 17.1 Å². The predicted molar refractivity (Wildman–Crippen MR) is 115 cm³/mol. The van der Waals surface area contributed by atoms with Crippen molar-refractivity contribution in [2.75, 3.05) is 5.32 Å². The molecule has 0 aliphatic rings. The van der Waals surface area contributed by atoms with Crippen molar-refractivity contribution >= 4 is 11.6 Å². The van der Waals surface area contributed by atoms with Gasteiger partial charge < -0.3 is 5.32 Å². The van der Waals surface area contributed by atoms with Gasteiger partial charge in [-0.05, 0) is 56.2 Å². The normalized spacial score (nSPS) is 10.7. The third-order valence-electron chi connectivity index (χ3n) is 4.73. The summed E-state index contributed by atoms with van der Waals surface area (Å²) in [6.07, 6.45) is 0. The van der Waals surface area contributed by atoms with Crippen molar-refractivity contribution in [2.24, 2.45) is 0 Å². The molecule has 0 saturated carbocycles. The van der Waals surface area contributed by atoms with Gasteiger partial charge in [0.15, 0.2) is 5.82 Å². The molecule has 1 heterocycles. The van der Waals surface area contributed by atoms with Crippen molar-refractivity contribution < 1.29 is 4.79 Å². The van der Waals surface area contributed by atoms with Crippen molar-refractivity contribution in [3.05, 3.63) is 95.3 Å². The molecular formula is C24H22N4O. The SMILES string of the molecule is Cc1cccc(-c2nc(C(=O)Nc3cc(C)ccc3C)nn2-c2ccccc2)c1. The monoisotopic (exact) mass is 382 g/mol. The van der Waals surface area contributed by atoms with Gasteiger partial charge in [0.25, 0.3) is 5.91 Å². The quantitative estimate of drug-likeness (QED) is 0.533. The minimum Gasteiger partial charge on any atom is -0.319 e. The van der Waals surface area contributed by atoms with E-state index in [1.165, 1.54) is 0 Å². The summed E-state index contributed by atoms with van der Waals surface area (Å²) in [4.78, 5) is 17.5. The zero-order valence-corrected chi connectivity index (χ0v) is 16.7. The molecular weight excluding hydrogens is 360 g/mol. The van der Waals surface area contributed by atoms with E-state index in [4.69, 9.17) is 0 Å². The van der Waals surface area contributed by atoms with Crippen LogP contribution in [-0.4, -0.2) is 20.7 Å². The molecule has 3 aromatic carbocycles. The van der Waals surface area contributed by atoms with E-state index in [0.29, 0.717) is 5.82 Å². The fourth-order valence-electron chi connectivity index (χ4n) is 3.18. The molecule has 29 heavy (non-hydrogen) atoms. The lowest BCUT2D eigenvalue weighted by Crippen LogP contribution is -2.15. The van der Waals surface area contributed by atoms with Crippen LogP contribution in [-0.2, 0) is 0 Å². The second-order valence-electron chi connectivity index (χ2n) is 7.15. The summed E-state index contributed by atoms with van der Waals surface area (Å²) in [7, 11) is 0. The zero-order chi connectivity index (χ0) is 20.4. The largest absolute Gasteiger partial charge is 0.319 e. The fourth-order valence-corrected chi connectivity index (χ4v) is 3.18. The summed E-state index contributed by atoms with van der Waals surface area (Å²) in [6.45, 7) is 5.98. The number of amides is 1. The minimum absolute atomic E-state index is 0.131. The number of carbonyl (C=O) groups excluding carboxylic acids is 1. The summed E-state index contributed by atoms with van der Waals surface area (Å²) in [5.74, 6) is 0.430. The number of carbonyl (C=O) groups is 1. The Morgan fingerprint density at radius 3 is 2.38 bits per heavy atom. The Morgan fingerprint density at radius 1 is 0.862 bits per heavy atom. The first-order valence-electron chi connectivity index (χ1n) is 9.49. The second kappa shape index (κ2) is 7.72.